The number of carbonyl (C=O) groups excluding carboxylic acids is 1. The van der Waals surface area contributed by atoms with Crippen LogP contribution in [0.15, 0.2) is 48.5 Å². The Hall–Kier alpha value is -2.15. The van der Waals surface area contributed by atoms with Gasteiger partial charge in [-0.05, 0) is 81.2 Å². The fourth-order valence-corrected chi connectivity index (χ4v) is 5.91. The number of rotatable bonds is 8. The summed E-state index contributed by atoms with van der Waals surface area (Å²) in [5.41, 5.74) is 3.19. The molecule has 1 heterocycles. The molecule has 0 saturated carbocycles. The molecule has 5 nitrogen and oxygen atoms in total. The Kier molecular flexibility index (Phi) is 9.07. The fourth-order valence-electron chi connectivity index (χ4n) is 4.89. The molecule has 1 N–H and O–H groups in total. The highest BCUT2D eigenvalue weighted by Gasteiger charge is 2.39. The molecular weight excluding hydrogens is 462 g/mol. The first-order chi connectivity index (χ1) is 16.9. The maximum Gasteiger partial charge on any atom is 0.253 e. The number of benzene rings is 2. The Morgan fingerprint density at radius 1 is 1.03 bits per heavy atom. The molecule has 0 radical (unpaired) electrons. The van der Waals surface area contributed by atoms with Gasteiger partial charge in [-0.2, -0.15) is 0 Å². The second-order valence-electron chi connectivity index (χ2n) is 11.9. The third-order valence-electron chi connectivity index (χ3n) is 7.83. The molecule has 3 atom stereocenters. The fraction of sp³-hybridized carbons (Fsp3) is 0.567. The van der Waals surface area contributed by atoms with E-state index in [0.717, 1.165) is 37.5 Å². The van der Waals surface area contributed by atoms with Crippen LogP contribution in [0, 0.1) is 0 Å². The highest BCUT2D eigenvalue weighted by molar-refractivity contribution is 6.74. The zero-order valence-corrected chi connectivity index (χ0v) is 24.9. The predicted octanol–water partition coefficient (Wildman–Crippen LogP) is 6.32. The Labute approximate surface area is 220 Å². The Balaban J connectivity index is 1.99. The van der Waals surface area contributed by atoms with Crippen LogP contribution in [0.2, 0.25) is 18.1 Å². The number of carbonyl (C=O) groups is 1. The molecule has 0 bridgehead atoms. The molecule has 0 aliphatic carbocycles. The molecule has 1 aliphatic heterocycles. The zero-order valence-electron chi connectivity index (χ0n) is 23.9. The molecule has 0 aromatic heterocycles. The Morgan fingerprint density at radius 3 is 2.14 bits per heavy atom. The van der Waals surface area contributed by atoms with Gasteiger partial charge in [0.2, 0.25) is 8.32 Å². The van der Waals surface area contributed by atoms with Crippen molar-refractivity contribution >= 4 is 14.2 Å². The third kappa shape index (κ3) is 6.58. The van der Waals surface area contributed by atoms with Crippen molar-refractivity contribution < 1.29 is 9.22 Å². The summed E-state index contributed by atoms with van der Waals surface area (Å²) >= 11 is 0. The van der Waals surface area contributed by atoms with E-state index in [2.05, 4.69) is 94.3 Å². The van der Waals surface area contributed by atoms with Gasteiger partial charge in [-0.15, -0.1) is 0 Å². The number of hydrogen-bond donors (Lipinski definition) is 1. The molecule has 1 amide bonds. The molecular formula is C30H47N3O2Si. The van der Waals surface area contributed by atoms with E-state index in [-0.39, 0.29) is 17.0 Å². The van der Waals surface area contributed by atoms with Crippen LogP contribution in [0.3, 0.4) is 0 Å². The minimum Gasteiger partial charge on any atom is -0.543 e. The lowest BCUT2D eigenvalue weighted by Gasteiger charge is -2.41. The van der Waals surface area contributed by atoms with Gasteiger partial charge in [0.15, 0.2) is 0 Å². The molecule has 1 fully saturated rings. The second-order valence-corrected chi connectivity index (χ2v) is 16.6. The van der Waals surface area contributed by atoms with Crippen molar-refractivity contribution in [2.75, 3.05) is 26.2 Å². The minimum absolute atomic E-state index is 0.0947. The molecule has 36 heavy (non-hydrogen) atoms. The second kappa shape index (κ2) is 11.5. The summed E-state index contributed by atoms with van der Waals surface area (Å²) in [4.78, 5) is 17.3. The van der Waals surface area contributed by atoms with Crippen LogP contribution < -0.4 is 9.74 Å². The summed E-state index contributed by atoms with van der Waals surface area (Å²) < 4.78 is 6.68. The summed E-state index contributed by atoms with van der Waals surface area (Å²) in [5.74, 6) is 1.05. The number of nitrogens with zero attached hydrogens (tertiary/aromatic N) is 2. The molecule has 198 valence electrons. The topological polar surface area (TPSA) is 44.8 Å². The van der Waals surface area contributed by atoms with Gasteiger partial charge >= 0.3 is 0 Å². The van der Waals surface area contributed by atoms with E-state index in [0.29, 0.717) is 12.1 Å². The minimum atomic E-state index is -1.95. The molecule has 1 saturated heterocycles. The molecule has 6 heteroatoms. The summed E-state index contributed by atoms with van der Waals surface area (Å²) in [7, 11) is -1.95. The first-order valence-electron chi connectivity index (χ1n) is 13.5. The summed E-state index contributed by atoms with van der Waals surface area (Å²) in [6, 6.07) is 17.8. The third-order valence-corrected chi connectivity index (χ3v) is 12.2. The van der Waals surface area contributed by atoms with Gasteiger partial charge in [-0.25, -0.2) is 0 Å². The van der Waals surface area contributed by atoms with Crippen molar-refractivity contribution in [2.45, 2.75) is 84.7 Å². The van der Waals surface area contributed by atoms with Gasteiger partial charge in [0.25, 0.3) is 5.91 Å². The lowest BCUT2D eigenvalue weighted by molar-refractivity contribution is 0.0773. The average Bonchev–Trinajstić information content (AvgIpc) is 2.79. The van der Waals surface area contributed by atoms with E-state index in [9.17, 15) is 4.79 Å². The van der Waals surface area contributed by atoms with E-state index >= 15 is 0 Å². The first-order valence-corrected chi connectivity index (χ1v) is 16.5. The standard InChI is InChI=1S/C30H47N3O2Si/c1-10-32(11-2)29(34)25-17-15-24(16-18-25)28(33-20-22(3)31-23(4)21-33)26-13-12-14-27(19-26)35-36(8,9)30(5,6)7/h12-19,22-23,28,31H,10-11,20-21H2,1-9H3/t22-,23+,28?. The molecule has 1 aliphatic rings. The number of piperazine rings is 1. The van der Waals surface area contributed by atoms with Crippen molar-refractivity contribution in [1.82, 2.24) is 15.1 Å². The van der Waals surface area contributed by atoms with Gasteiger partial charge in [-0.1, -0.05) is 45.0 Å². The van der Waals surface area contributed by atoms with Crippen LogP contribution in [0.4, 0.5) is 0 Å². The Bertz CT molecular complexity index is 1000. The molecule has 2 aromatic carbocycles. The summed E-state index contributed by atoms with van der Waals surface area (Å²) in [6.45, 7) is 23.3. The van der Waals surface area contributed by atoms with Crippen LogP contribution in [0.25, 0.3) is 0 Å². The van der Waals surface area contributed by atoms with Crippen LogP contribution in [-0.4, -0.2) is 62.3 Å². The maximum absolute atomic E-state index is 12.9. The lowest BCUT2D eigenvalue weighted by Crippen LogP contribution is -2.55. The van der Waals surface area contributed by atoms with Gasteiger partial charge in [0.1, 0.15) is 5.75 Å². The van der Waals surface area contributed by atoms with Crippen LogP contribution in [0.1, 0.15) is 76.0 Å². The predicted molar refractivity (Wildman–Crippen MR) is 153 cm³/mol. The normalized spacial score (nSPS) is 20.1. The van der Waals surface area contributed by atoms with Crippen molar-refractivity contribution in [3.05, 3.63) is 65.2 Å². The maximum atomic E-state index is 12.9. The number of hydrogen-bond acceptors (Lipinski definition) is 4. The van der Waals surface area contributed by atoms with Gasteiger partial charge in [0, 0.05) is 43.8 Å². The van der Waals surface area contributed by atoms with Crippen molar-refractivity contribution in [1.29, 1.82) is 0 Å². The number of amides is 1. The van der Waals surface area contributed by atoms with E-state index in [1.165, 1.54) is 11.1 Å². The average molecular weight is 510 g/mol. The Morgan fingerprint density at radius 2 is 1.61 bits per heavy atom. The molecule has 0 spiro atoms. The van der Waals surface area contributed by atoms with Crippen molar-refractivity contribution in [3.63, 3.8) is 0 Å². The highest BCUT2D eigenvalue weighted by Crippen LogP contribution is 2.39. The van der Waals surface area contributed by atoms with E-state index in [4.69, 9.17) is 4.43 Å². The SMILES string of the molecule is CCN(CC)C(=O)c1ccc(C(c2cccc(O[Si](C)(C)C(C)(C)C)c2)N2C[C@@H](C)N[C@@H](C)C2)cc1. The monoisotopic (exact) mass is 509 g/mol. The van der Waals surface area contributed by atoms with Crippen LogP contribution >= 0.6 is 0 Å². The lowest BCUT2D eigenvalue weighted by atomic mass is 9.94. The van der Waals surface area contributed by atoms with Gasteiger partial charge in [-0.3, -0.25) is 9.69 Å². The highest BCUT2D eigenvalue weighted by atomic mass is 28.4. The summed E-state index contributed by atoms with van der Waals surface area (Å²) in [5, 5.41) is 3.80. The zero-order chi connectivity index (χ0) is 26.7. The summed E-state index contributed by atoms with van der Waals surface area (Å²) in [6.07, 6.45) is 0. The first kappa shape index (κ1) is 28.4. The van der Waals surface area contributed by atoms with Gasteiger partial charge < -0.3 is 14.6 Å². The quantitative estimate of drug-likeness (QED) is 0.423. The van der Waals surface area contributed by atoms with Crippen LogP contribution in [-0.2, 0) is 0 Å². The number of nitrogens with one attached hydrogen (secondary N) is 1. The van der Waals surface area contributed by atoms with Gasteiger partial charge in [0.05, 0.1) is 6.04 Å². The smallest absolute Gasteiger partial charge is 0.253 e. The van der Waals surface area contributed by atoms with Crippen molar-refractivity contribution in [2.24, 2.45) is 0 Å². The van der Waals surface area contributed by atoms with E-state index in [1.54, 1.807) is 0 Å². The molecule has 1 unspecified atom stereocenters. The van der Waals surface area contributed by atoms with E-state index < -0.39 is 8.32 Å². The molecule has 2 aromatic rings. The van der Waals surface area contributed by atoms with Crippen LogP contribution in [0.5, 0.6) is 5.75 Å². The van der Waals surface area contributed by atoms with E-state index in [1.807, 2.05) is 30.9 Å². The van der Waals surface area contributed by atoms with Crippen molar-refractivity contribution in [3.8, 4) is 5.75 Å². The molecule has 3 rings (SSSR count). The largest absolute Gasteiger partial charge is 0.543 e.